The van der Waals surface area contributed by atoms with Crippen molar-refractivity contribution >= 4 is 31.1 Å². The smallest absolute Gasteiger partial charge is 0.444 e. The predicted octanol–water partition coefficient (Wildman–Crippen LogP) is 1.85. The first-order valence-corrected chi connectivity index (χ1v) is 12.6. The van der Waals surface area contributed by atoms with Crippen LogP contribution in [0.25, 0.3) is 5.52 Å². The van der Waals surface area contributed by atoms with Gasteiger partial charge in [0.1, 0.15) is 23.5 Å². The van der Waals surface area contributed by atoms with Gasteiger partial charge in [0.2, 0.25) is 0 Å². The third kappa shape index (κ3) is 6.57. The zero-order valence-corrected chi connectivity index (χ0v) is 20.8. The third-order valence-corrected chi connectivity index (χ3v) is 5.55. The molecule has 0 spiro atoms. The Kier molecular flexibility index (Phi) is 7.88. The number of phosphoric ester groups is 1. The van der Waals surface area contributed by atoms with Crippen LogP contribution in [0.4, 0.5) is 16.4 Å². The van der Waals surface area contributed by atoms with Crippen molar-refractivity contribution in [1.29, 1.82) is 0 Å². The Morgan fingerprint density at radius 2 is 2.14 bits per heavy atom. The Labute approximate surface area is 205 Å². The minimum Gasteiger partial charge on any atom is -0.444 e. The molecular formula is C20H28N7O8P. The molecule has 16 heteroatoms. The monoisotopic (exact) mass is 525 g/mol. The van der Waals surface area contributed by atoms with Crippen LogP contribution in [0, 0.1) is 0 Å². The highest BCUT2D eigenvalue weighted by atomic mass is 31.2. The van der Waals surface area contributed by atoms with Crippen molar-refractivity contribution in [2.75, 3.05) is 19.0 Å². The number of nitrogens with one attached hydrogen (secondary N) is 2. The maximum Gasteiger partial charge on any atom is 0.471 e. The Morgan fingerprint density at radius 3 is 2.86 bits per heavy atom. The molecular weight excluding hydrogens is 497 g/mol. The maximum atomic E-state index is 11.9. The molecule has 0 saturated carbocycles. The molecule has 4 N–H and O–H groups in total. The van der Waals surface area contributed by atoms with Crippen LogP contribution in [0.2, 0.25) is 0 Å². The van der Waals surface area contributed by atoms with Gasteiger partial charge in [0.15, 0.2) is 12.5 Å². The lowest BCUT2D eigenvalue weighted by Crippen LogP contribution is -2.33. The van der Waals surface area contributed by atoms with Gasteiger partial charge < -0.3 is 34.6 Å². The number of amides is 1. The molecule has 4 heterocycles. The second-order valence-corrected chi connectivity index (χ2v) is 9.63. The standard InChI is InChI=1S/C20H28N7O8P/c1-12(2)22-20(28)35-14-7-17(33-10-14)15-8-18(27(25-15)11-34-36(29,30)31)23-19-16-6-13(9-32-3)24-26(16)5-4-21-19/h4-6,8,12,14,17H,7,9-11H2,1-3H3,(H,21,23)(H,22,28)(H2,29,30,31)/t14-,17-/m0/s1. The Bertz CT molecular complexity index is 1260. The van der Waals surface area contributed by atoms with E-state index in [2.05, 4.69) is 30.3 Å². The number of methoxy groups -OCH3 is 1. The molecule has 4 rings (SSSR count). The Morgan fingerprint density at radius 1 is 1.33 bits per heavy atom. The van der Waals surface area contributed by atoms with E-state index in [9.17, 15) is 9.36 Å². The fraction of sp³-hybridized carbons (Fsp3) is 0.500. The molecule has 36 heavy (non-hydrogen) atoms. The average Bonchev–Trinajstić information content (AvgIpc) is 3.50. The second-order valence-electron chi connectivity index (χ2n) is 8.39. The third-order valence-electron chi connectivity index (χ3n) is 5.10. The lowest BCUT2D eigenvalue weighted by Gasteiger charge is -2.13. The van der Waals surface area contributed by atoms with E-state index in [1.54, 1.807) is 36.2 Å². The zero-order valence-electron chi connectivity index (χ0n) is 19.9. The first-order chi connectivity index (χ1) is 17.1. The highest BCUT2D eigenvalue weighted by Crippen LogP contribution is 2.37. The number of phosphoric acid groups is 1. The molecule has 1 fully saturated rings. The van der Waals surface area contributed by atoms with Gasteiger partial charge in [-0.15, -0.1) is 0 Å². The van der Waals surface area contributed by atoms with Crippen LogP contribution in [0.15, 0.2) is 24.5 Å². The van der Waals surface area contributed by atoms with Gasteiger partial charge >= 0.3 is 13.9 Å². The number of fused-ring (bicyclic) bond motifs is 1. The van der Waals surface area contributed by atoms with Crippen molar-refractivity contribution in [3.8, 4) is 0 Å². The lowest BCUT2D eigenvalue weighted by atomic mass is 10.1. The van der Waals surface area contributed by atoms with E-state index in [-0.39, 0.29) is 12.6 Å². The normalized spacial score (nSPS) is 18.2. The average molecular weight is 525 g/mol. The summed E-state index contributed by atoms with van der Waals surface area (Å²) in [5, 5.41) is 14.6. The Balaban J connectivity index is 1.55. The van der Waals surface area contributed by atoms with Crippen molar-refractivity contribution < 1.29 is 37.9 Å². The van der Waals surface area contributed by atoms with Gasteiger partial charge in [0.05, 0.1) is 24.6 Å². The summed E-state index contributed by atoms with van der Waals surface area (Å²) in [7, 11) is -3.19. The summed E-state index contributed by atoms with van der Waals surface area (Å²) in [5.74, 6) is 0.772. The van der Waals surface area contributed by atoms with E-state index in [0.29, 0.717) is 41.6 Å². The topological polar surface area (TPSA) is 184 Å². The number of hydrogen-bond donors (Lipinski definition) is 4. The van der Waals surface area contributed by atoms with E-state index in [4.69, 9.17) is 24.0 Å². The predicted molar refractivity (Wildman–Crippen MR) is 124 cm³/mol. The largest absolute Gasteiger partial charge is 0.471 e. The van der Waals surface area contributed by atoms with Crippen molar-refractivity contribution in [1.82, 2.24) is 29.7 Å². The van der Waals surface area contributed by atoms with Crippen molar-refractivity contribution in [2.45, 2.75) is 51.9 Å². The fourth-order valence-electron chi connectivity index (χ4n) is 3.64. The highest BCUT2D eigenvalue weighted by molar-refractivity contribution is 7.46. The highest BCUT2D eigenvalue weighted by Gasteiger charge is 2.32. The molecule has 0 radical (unpaired) electrons. The number of rotatable bonds is 10. The molecule has 15 nitrogen and oxygen atoms in total. The molecule has 2 atom stereocenters. The van der Waals surface area contributed by atoms with E-state index < -0.39 is 32.9 Å². The molecule has 3 aromatic rings. The van der Waals surface area contributed by atoms with Gasteiger partial charge in [0, 0.05) is 38.0 Å². The molecule has 196 valence electrons. The summed E-state index contributed by atoms with van der Waals surface area (Å²) in [5.41, 5.74) is 1.80. The minimum absolute atomic E-state index is 0.0617. The number of anilines is 2. The van der Waals surface area contributed by atoms with Crippen LogP contribution in [0.3, 0.4) is 0 Å². The summed E-state index contributed by atoms with van der Waals surface area (Å²) in [6.45, 7) is 3.62. The van der Waals surface area contributed by atoms with E-state index >= 15 is 0 Å². The molecule has 0 unspecified atom stereocenters. The van der Waals surface area contributed by atoms with Crippen LogP contribution in [0.5, 0.6) is 0 Å². The summed E-state index contributed by atoms with van der Waals surface area (Å²) in [6, 6.07) is 3.40. The molecule has 1 saturated heterocycles. The molecule has 1 aliphatic heterocycles. The summed E-state index contributed by atoms with van der Waals surface area (Å²) < 4.78 is 35.1. The van der Waals surface area contributed by atoms with Gasteiger partial charge in [-0.1, -0.05) is 0 Å². The molecule has 3 aromatic heterocycles. The fourth-order valence-corrected chi connectivity index (χ4v) is 3.90. The van der Waals surface area contributed by atoms with Crippen molar-refractivity contribution in [3.63, 3.8) is 0 Å². The van der Waals surface area contributed by atoms with Gasteiger partial charge in [-0.3, -0.25) is 4.52 Å². The Hall–Kier alpha value is -3.07. The number of aromatic nitrogens is 5. The summed E-state index contributed by atoms with van der Waals surface area (Å²) >= 11 is 0. The van der Waals surface area contributed by atoms with Crippen molar-refractivity contribution in [2.24, 2.45) is 0 Å². The van der Waals surface area contributed by atoms with E-state index in [1.165, 1.54) is 4.68 Å². The lowest BCUT2D eigenvalue weighted by molar-refractivity contribution is 0.0677. The number of hydrogen-bond acceptors (Lipinski definition) is 10. The second kappa shape index (κ2) is 10.9. The van der Waals surface area contributed by atoms with Gasteiger partial charge in [-0.2, -0.15) is 10.2 Å². The van der Waals surface area contributed by atoms with Crippen LogP contribution in [0.1, 0.15) is 37.8 Å². The minimum atomic E-state index is -4.76. The number of carbonyl (C=O) groups excluding carboxylic acids is 1. The molecule has 0 bridgehead atoms. The van der Waals surface area contributed by atoms with Gasteiger partial charge in [-0.05, 0) is 19.9 Å². The number of alkyl carbamates (subject to hydrolysis) is 1. The van der Waals surface area contributed by atoms with E-state index in [1.807, 2.05) is 13.8 Å². The van der Waals surface area contributed by atoms with E-state index in [0.717, 1.165) is 0 Å². The number of carbonyl (C=O) groups is 1. The first-order valence-electron chi connectivity index (χ1n) is 11.1. The molecule has 1 amide bonds. The molecule has 0 aliphatic carbocycles. The molecule has 1 aliphatic rings. The SMILES string of the molecule is COCc1cc2c(Nc3cc([C@@H]4C[C@H](OC(=O)NC(C)C)CO4)nn3COP(=O)(O)O)nccn2n1. The number of ether oxygens (including phenoxy) is 3. The first kappa shape index (κ1) is 26.0. The van der Waals surface area contributed by atoms with Crippen molar-refractivity contribution in [3.05, 3.63) is 35.9 Å². The summed E-state index contributed by atoms with van der Waals surface area (Å²) in [4.78, 5) is 34.6. The van der Waals surface area contributed by atoms with Crippen LogP contribution >= 0.6 is 7.82 Å². The van der Waals surface area contributed by atoms with Crippen LogP contribution < -0.4 is 10.6 Å². The summed E-state index contributed by atoms with van der Waals surface area (Å²) in [6.07, 6.45) is 2.08. The quantitative estimate of drug-likeness (QED) is 0.282. The molecule has 0 aromatic carbocycles. The van der Waals surface area contributed by atoms with Gasteiger partial charge in [-0.25, -0.2) is 23.5 Å². The number of nitrogens with zero attached hydrogens (tertiary/aromatic N) is 5. The van der Waals surface area contributed by atoms with Crippen LogP contribution in [-0.2, 0) is 36.6 Å². The zero-order chi connectivity index (χ0) is 25.9. The van der Waals surface area contributed by atoms with Crippen LogP contribution in [-0.4, -0.2) is 66.1 Å². The van der Waals surface area contributed by atoms with Gasteiger partial charge in [0.25, 0.3) is 0 Å². The maximum absolute atomic E-state index is 11.9.